The minimum absolute atomic E-state index is 0.407. The fourth-order valence-corrected chi connectivity index (χ4v) is 2.47. The van der Waals surface area contributed by atoms with Crippen molar-refractivity contribution >= 4 is 15.9 Å². The Bertz CT molecular complexity index is 335. The number of hydrogen-bond acceptors (Lipinski definition) is 1. The summed E-state index contributed by atoms with van der Waals surface area (Å²) in [5, 5.41) is 3.56. The summed E-state index contributed by atoms with van der Waals surface area (Å²) in [6, 6.07) is 8.81. The van der Waals surface area contributed by atoms with Crippen LogP contribution in [0, 0.1) is 0 Å². The zero-order valence-corrected chi connectivity index (χ0v) is 12.2. The molecule has 1 atom stereocenters. The van der Waals surface area contributed by atoms with Crippen molar-refractivity contribution in [3.8, 4) is 0 Å². The highest BCUT2D eigenvalue weighted by Gasteiger charge is 2.06. The van der Waals surface area contributed by atoms with E-state index in [-0.39, 0.29) is 0 Å². The molecule has 0 bridgehead atoms. The molecule has 0 aliphatic rings. The molecule has 17 heavy (non-hydrogen) atoms. The lowest BCUT2D eigenvalue weighted by atomic mass is 10.1. The molecule has 0 aliphatic carbocycles. The van der Waals surface area contributed by atoms with Gasteiger partial charge in [0.2, 0.25) is 0 Å². The smallest absolute Gasteiger partial charge is 0.0302 e. The van der Waals surface area contributed by atoms with E-state index in [1.807, 2.05) is 6.08 Å². The zero-order valence-electron chi connectivity index (χ0n) is 10.6. The Morgan fingerprint density at radius 2 is 2.06 bits per heavy atom. The van der Waals surface area contributed by atoms with E-state index in [2.05, 4.69) is 59.0 Å². The molecule has 1 aromatic carbocycles. The van der Waals surface area contributed by atoms with E-state index < -0.39 is 0 Å². The number of rotatable bonds is 8. The van der Waals surface area contributed by atoms with Crippen LogP contribution in [0.3, 0.4) is 0 Å². The third-order valence-corrected chi connectivity index (χ3v) is 3.63. The van der Waals surface area contributed by atoms with Crippen LogP contribution in [-0.2, 0) is 0 Å². The Kier molecular flexibility index (Phi) is 7.22. The molecule has 0 aliphatic heterocycles. The van der Waals surface area contributed by atoms with E-state index in [0.29, 0.717) is 6.04 Å². The summed E-state index contributed by atoms with van der Waals surface area (Å²) < 4.78 is 1.19. The van der Waals surface area contributed by atoms with Gasteiger partial charge in [-0.25, -0.2) is 0 Å². The van der Waals surface area contributed by atoms with E-state index in [4.69, 9.17) is 0 Å². The van der Waals surface area contributed by atoms with Crippen molar-refractivity contribution in [3.05, 3.63) is 47.0 Å². The average molecular weight is 296 g/mol. The summed E-state index contributed by atoms with van der Waals surface area (Å²) in [7, 11) is 0. The van der Waals surface area contributed by atoms with E-state index >= 15 is 0 Å². The average Bonchev–Trinajstić information content (AvgIpc) is 2.34. The molecule has 0 saturated carbocycles. The molecular formula is C15H22BrN. The number of allylic oxidation sites excluding steroid dienone is 1. The lowest BCUT2D eigenvalue weighted by Gasteiger charge is -2.15. The molecule has 1 aromatic rings. The van der Waals surface area contributed by atoms with Gasteiger partial charge in [0, 0.05) is 10.5 Å². The van der Waals surface area contributed by atoms with Crippen LogP contribution >= 0.6 is 15.9 Å². The highest BCUT2D eigenvalue weighted by molar-refractivity contribution is 9.10. The lowest BCUT2D eigenvalue weighted by molar-refractivity contribution is 0.538. The maximum Gasteiger partial charge on any atom is 0.0302 e. The van der Waals surface area contributed by atoms with Crippen LogP contribution in [0.1, 0.15) is 44.2 Å². The molecule has 1 N–H and O–H groups in total. The molecule has 0 heterocycles. The summed E-state index contributed by atoms with van der Waals surface area (Å²) in [6.07, 6.45) is 6.91. The summed E-state index contributed by atoms with van der Waals surface area (Å²) in [5.74, 6) is 0. The van der Waals surface area contributed by atoms with Gasteiger partial charge in [-0.3, -0.25) is 0 Å². The highest BCUT2D eigenvalue weighted by atomic mass is 79.9. The predicted octanol–water partition coefficient (Wildman–Crippen LogP) is 4.85. The first-order valence-electron chi connectivity index (χ1n) is 6.34. The second kappa shape index (κ2) is 8.48. The highest BCUT2D eigenvalue weighted by Crippen LogP contribution is 2.22. The van der Waals surface area contributed by atoms with Crippen LogP contribution in [0.4, 0.5) is 0 Å². The first kappa shape index (κ1) is 14.5. The van der Waals surface area contributed by atoms with Crippen LogP contribution in [0.15, 0.2) is 41.4 Å². The van der Waals surface area contributed by atoms with E-state index in [0.717, 1.165) is 13.0 Å². The van der Waals surface area contributed by atoms with Gasteiger partial charge >= 0.3 is 0 Å². The van der Waals surface area contributed by atoms with Gasteiger partial charge in [0.15, 0.2) is 0 Å². The number of hydrogen-bond donors (Lipinski definition) is 1. The lowest BCUT2D eigenvalue weighted by Crippen LogP contribution is -2.20. The molecule has 2 heteroatoms. The Morgan fingerprint density at radius 1 is 1.29 bits per heavy atom. The molecular weight excluding hydrogens is 274 g/mol. The maximum atomic E-state index is 3.74. The van der Waals surface area contributed by atoms with Gasteiger partial charge in [-0.1, -0.05) is 46.6 Å². The van der Waals surface area contributed by atoms with Gasteiger partial charge < -0.3 is 5.32 Å². The van der Waals surface area contributed by atoms with Crippen LogP contribution in [-0.4, -0.2) is 6.54 Å². The molecule has 94 valence electrons. The fraction of sp³-hybridized carbons (Fsp3) is 0.467. The number of unbranched alkanes of at least 4 members (excludes halogenated alkanes) is 3. The summed E-state index contributed by atoms with van der Waals surface area (Å²) in [5.41, 5.74) is 1.33. The molecule has 0 aromatic heterocycles. The van der Waals surface area contributed by atoms with Gasteiger partial charge in [-0.2, -0.15) is 0 Å². The van der Waals surface area contributed by atoms with Gasteiger partial charge in [-0.05, 0) is 44.4 Å². The molecule has 1 nitrogen and oxygen atoms in total. The van der Waals surface area contributed by atoms with E-state index in [1.165, 1.54) is 29.3 Å². The first-order valence-corrected chi connectivity index (χ1v) is 7.13. The summed E-state index contributed by atoms with van der Waals surface area (Å²) >= 11 is 3.59. The molecule has 0 saturated heterocycles. The molecule has 0 unspecified atom stereocenters. The fourth-order valence-electron chi connectivity index (χ4n) is 1.85. The van der Waals surface area contributed by atoms with Gasteiger partial charge in [0.25, 0.3) is 0 Å². The first-order chi connectivity index (χ1) is 8.25. The zero-order chi connectivity index (χ0) is 12.5. The SMILES string of the molecule is C=CCCCCCN[C@H](C)c1ccccc1Br. The Hall–Kier alpha value is -0.600. The number of halogens is 1. The Labute approximate surface area is 113 Å². The minimum atomic E-state index is 0.407. The topological polar surface area (TPSA) is 12.0 Å². The van der Waals surface area contributed by atoms with Crippen molar-refractivity contribution in [1.82, 2.24) is 5.32 Å². The van der Waals surface area contributed by atoms with Crippen LogP contribution < -0.4 is 5.32 Å². The second-order valence-corrected chi connectivity index (χ2v) is 5.19. The molecule has 0 fully saturated rings. The Balaban J connectivity index is 2.23. The third kappa shape index (κ3) is 5.51. The normalized spacial score (nSPS) is 12.4. The molecule has 1 rings (SSSR count). The van der Waals surface area contributed by atoms with Crippen molar-refractivity contribution < 1.29 is 0 Å². The van der Waals surface area contributed by atoms with E-state index in [1.54, 1.807) is 0 Å². The van der Waals surface area contributed by atoms with Crippen molar-refractivity contribution in [1.29, 1.82) is 0 Å². The van der Waals surface area contributed by atoms with Crippen molar-refractivity contribution in [2.24, 2.45) is 0 Å². The summed E-state index contributed by atoms with van der Waals surface area (Å²) in [4.78, 5) is 0. The summed E-state index contributed by atoms with van der Waals surface area (Å²) in [6.45, 7) is 7.03. The van der Waals surface area contributed by atoms with E-state index in [9.17, 15) is 0 Å². The van der Waals surface area contributed by atoms with Gasteiger partial charge in [0.1, 0.15) is 0 Å². The monoisotopic (exact) mass is 295 g/mol. The van der Waals surface area contributed by atoms with Gasteiger partial charge in [0.05, 0.1) is 0 Å². The third-order valence-electron chi connectivity index (χ3n) is 2.91. The predicted molar refractivity (Wildman–Crippen MR) is 79.2 cm³/mol. The van der Waals surface area contributed by atoms with Gasteiger partial charge in [-0.15, -0.1) is 6.58 Å². The van der Waals surface area contributed by atoms with Crippen LogP contribution in [0.5, 0.6) is 0 Å². The standard InChI is InChI=1S/C15H22BrN/c1-3-4-5-6-9-12-17-13(2)14-10-7-8-11-15(14)16/h3,7-8,10-11,13,17H,1,4-6,9,12H2,2H3/t13-/m1/s1. The van der Waals surface area contributed by atoms with Crippen LogP contribution in [0.25, 0.3) is 0 Å². The quantitative estimate of drug-likeness (QED) is 0.534. The van der Waals surface area contributed by atoms with Crippen LogP contribution in [0.2, 0.25) is 0 Å². The Morgan fingerprint density at radius 3 is 2.76 bits per heavy atom. The van der Waals surface area contributed by atoms with Crippen molar-refractivity contribution in [3.63, 3.8) is 0 Å². The van der Waals surface area contributed by atoms with Crippen molar-refractivity contribution in [2.75, 3.05) is 6.54 Å². The largest absolute Gasteiger partial charge is 0.310 e. The molecule has 0 spiro atoms. The number of nitrogens with one attached hydrogen (secondary N) is 1. The molecule has 0 amide bonds. The minimum Gasteiger partial charge on any atom is -0.310 e. The second-order valence-electron chi connectivity index (χ2n) is 4.34. The van der Waals surface area contributed by atoms with Crippen molar-refractivity contribution in [2.45, 2.75) is 38.6 Å². The maximum absolute atomic E-state index is 3.74. The number of benzene rings is 1. The molecule has 0 radical (unpaired) electrons.